The Morgan fingerprint density at radius 1 is 1.35 bits per heavy atom. The lowest BCUT2D eigenvalue weighted by Gasteiger charge is -2.33. The van der Waals surface area contributed by atoms with E-state index < -0.39 is 0 Å². The first-order valence-corrected chi connectivity index (χ1v) is 7.91. The molecule has 1 fully saturated rings. The molecule has 1 aliphatic heterocycles. The maximum absolute atomic E-state index is 5.92. The number of morpholine rings is 1. The van der Waals surface area contributed by atoms with E-state index in [0.717, 1.165) is 37.8 Å². The lowest BCUT2D eigenvalue weighted by Crippen LogP contribution is -2.41. The fraction of sp³-hybridized carbons (Fsp3) is 0.467. The van der Waals surface area contributed by atoms with Gasteiger partial charge in [-0.15, -0.1) is 0 Å². The van der Waals surface area contributed by atoms with E-state index in [-0.39, 0.29) is 12.0 Å². The van der Waals surface area contributed by atoms with E-state index >= 15 is 0 Å². The monoisotopic (exact) mass is 337 g/mol. The summed E-state index contributed by atoms with van der Waals surface area (Å²) in [6.07, 6.45) is 0. The lowest BCUT2D eigenvalue weighted by atomic mass is 10.1. The molecule has 3 heterocycles. The molecule has 0 saturated carbocycles. The van der Waals surface area contributed by atoms with Gasteiger partial charge in [0.15, 0.2) is 0 Å². The van der Waals surface area contributed by atoms with E-state index in [1.807, 2.05) is 19.1 Å². The number of rotatable bonds is 5. The van der Waals surface area contributed by atoms with Crippen molar-refractivity contribution in [1.29, 1.82) is 0 Å². The van der Waals surface area contributed by atoms with Crippen LogP contribution in [0.1, 0.15) is 17.6 Å². The van der Waals surface area contributed by atoms with E-state index in [2.05, 4.69) is 20.2 Å². The summed E-state index contributed by atoms with van der Waals surface area (Å²) in [4.78, 5) is 10.3. The Morgan fingerprint density at radius 3 is 2.78 bits per heavy atom. The number of hydrogen-bond donors (Lipinski definition) is 2. The van der Waals surface area contributed by atoms with E-state index in [0.29, 0.717) is 17.5 Å². The number of ether oxygens (including phenoxy) is 1. The SMILES string of the molecule is Cc1ccc([C@@H](CNc2cc(Cl)nc(N)n2)N2CCOCC2)o1. The Morgan fingerprint density at radius 2 is 2.13 bits per heavy atom. The van der Waals surface area contributed by atoms with Gasteiger partial charge in [-0.3, -0.25) is 4.90 Å². The molecule has 3 rings (SSSR count). The van der Waals surface area contributed by atoms with Crippen LogP contribution in [-0.2, 0) is 4.74 Å². The average molecular weight is 338 g/mol. The van der Waals surface area contributed by atoms with Crippen LogP contribution in [0.3, 0.4) is 0 Å². The van der Waals surface area contributed by atoms with Crippen LogP contribution in [-0.4, -0.2) is 47.7 Å². The lowest BCUT2D eigenvalue weighted by molar-refractivity contribution is 0.0143. The zero-order valence-electron chi connectivity index (χ0n) is 13.0. The molecule has 0 unspecified atom stereocenters. The Bertz CT molecular complexity index is 637. The van der Waals surface area contributed by atoms with Gasteiger partial charge in [-0.05, 0) is 19.1 Å². The predicted octanol–water partition coefficient (Wildman–Crippen LogP) is 2.10. The molecule has 0 aliphatic carbocycles. The summed E-state index contributed by atoms with van der Waals surface area (Å²) < 4.78 is 11.3. The van der Waals surface area contributed by atoms with Gasteiger partial charge in [-0.1, -0.05) is 11.6 Å². The van der Waals surface area contributed by atoms with Gasteiger partial charge in [-0.2, -0.15) is 4.98 Å². The first-order valence-electron chi connectivity index (χ1n) is 7.54. The van der Waals surface area contributed by atoms with E-state index in [4.69, 9.17) is 26.5 Å². The molecule has 0 bridgehead atoms. The minimum absolute atomic E-state index is 0.0857. The van der Waals surface area contributed by atoms with Crippen molar-refractivity contribution in [3.63, 3.8) is 0 Å². The van der Waals surface area contributed by atoms with E-state index in [1.54, 1.807) is 6.07 Å². The van der Waals surface area contributed by atoms with Crippen LogP contribution in [0, 0.1) is 6.92 Å². The van der Waals surface area contributed by atoms with Crippen LogP contribution in [0.2, 0.25) is 5.15 Å². The number of aryl methyl sites for hydroxylation is 1. The van der Waals surface area contributed by atoms with Gasteiger partial charge in [0.25, 0.3) is 0 Å². The van der Waals surface area contributed by atoms with E-state index in [1.165, 1.54) is 0 Å². The van der Waals surface area contributed by atoms with Crippen LogP contribution in [0.4, 0.5) is 11.8 Å². The number of nitrogens with zero attached hydrogens (tertiary/aromatic N) is 3. The number of furan rings is 1. The Balaban J connectivity index is 1.75. The van der Waals surface area contributed by atoms with Crippen LogP contribution in [0.5, 0.6) is 0 Å². The van der Waals surface area contributed by atoms with Gasteiger partial charge in [0, 0.05) is 25.7 Å². The maximum atomic E-state index is 5.92. The summed E-state index contributed by atoms with van der Waals surface area (Å²) in [7, 11) is 0. The second-order valence-corrected chi connectivity index (χ2v) is 5.81. The van der Waals surface area contributed by atoms with Crippen molar-refractivity contribution in [3.05, 3.63) is 34.9 Å². The molecule has 1 saturated heterocycles. The molecule has 0 spiro atoms. The zero-order chi connectivity index (χ0) is 16.2. The normalized spacial score (nSPS) is 17.1. The summed E-state index contributed by atoms with van der Waals surface area (Å²) in [5.41, 5.74) is 5.63. The maximum Gasteiger partial charge on any atom is 0.223 e. The number of halogens is 1. The Hall–Kier alpha value is -1.83. The van der Waals surface area contributed by atoms with Crippen molar-refractivity contribution in [2.45, 2.75) is 13.0 Å². The molecule has 23 heavy (non-hydrogen) atoms. The van der Waals surface area contributed by atoms with Gasteiger partial charge in [0.2, 0.25) is 5.95 Å². The average Bonchev–Trinajstić information content (AvgIpc) is 2.94. The van der Waals surface area contributed by atoms with Gasteiger partial charge in [-0.25, -0.2) is 4.98 Å². The molecule has 3 N–H and O–H groups in total. The standard InChI is InChI=1S/C15H20ClN5O2/c1-10-2-3-12(23-10)11(21-4-6-22-7-5-21)9-18-14-8-13(16)19-15(17)20-14/h2-3,8,11H,4-7,9H2,1H3,(H3,17,18,19,20)/t11-/m1/s1. The highest BCUT2D eigenvalue weighted by Crippen LogP contribution is 2.24. The molecule has 2 aromatic heterocycles. The van der Waals surface area contributed by atoms with Crippen LogP contribution >= 0.6 is 11.6 Å². The fourth-order valence-corrected chi connectivity index (χ4v) is 2.85. The molecule has 0 amide bonds. The number of aromatic nitrogens is 2. The smallest absolute Gasteiger partial charge is 0.223 e. The number of anilines is 2. The van der Waals surface area contributed by atoms with Crippen molar-refractivity contribution >= 4 is 23.4 Å². The summed E-state index contributed by atoms with van der Waals surface area (Å²) in [6, 6.07) is 5.73. The summed E-state index contributed by atoms with van der Waals surface area (Å²) in [5, 5.41) is 3.59. The first kappa shape index (κ1) is 16.0. The third kappa shape index (κ3) is 4.13. The second-order valence-electron chi connectivity index (χ2n) is 5.43. The summed E-state index contributed by atoms with van der Waals surface area (Å²) in [5.74, 6) is 2.57. The first-order chi connectivity index (χ1) is 11.1. The summed E-state index contributed by atoms with van der Waals surface area (Å²) in [6.45, 7) is 5.74. The number of nitrogens with one attached hydrogen (secondary N) is 1. The highest BCUT2D eigenvalue weighted by molar-refractivity contribution is 6.29. The van der Waals surface area contributed by atoms with Crippen molar-refractivity contribution in [3.8, 4) is 0 Å². The number of nitrogens with two attached hydrogens (primary N) is 1. The minimum Gasteiger partial charge on any atom is -0.465 e. The predicted molar refractivity (Wildman–Crippen MR) is 88.5 cm³/mol. The molecule has 8 heteroatoms. The Labute approximate surface area is 139 Å². The topological polar surface area (TPSA) is 89.4 Å². The molecule has 1 atom stereocenters. The van der Waals surface area contributed by atoms with Crippen molar-refractivity contribution < 1.29 is 9.15 Å². The minimum atomic E-state index is 0.0857. The number of nitrogen functional groups attached to an aromatic ring is 1. The third-order valence-corrected chi connectivity index (χ3v) is 3.96. The molecule has 0 aromatic carbocycles. The molecule has 124 valence electrons. The zero-order valence-corrected chi connectivity index (χ0v) is 13.7. The van der Waals surface area contributed by atoms with Crippen LogP contribution in [0.25, 0.3) is 0 Å². The van der Waals surface area contributed by atoms with Gasteiger partial charge < -0.3 is 20.2 Å². The molecule has 7 nitrogen and oxygen atoms in total. The fourth-order valence-electron chi connectivity index (χ4n) is 2.66. The molecular weight excluding hydrogens is 318 g/mol. The van der Waals surface area contributed by atoms with Crippen molar-refractivity contribution in [2.24, 2.45) is 0 Å². The molecule has 0 radical (unpaired) electrons. The Kier molecular flexibility index (Phi) is 5.00. The number of hydrogen-bond acceptors (Lipinski definition) is 7. The van der Waals surface area contributed by atoms with Crippen LogP contribution < -0.4 is 11.1 Å². The summed E-state index contributed by atoms with van der Waals surface area (Å²) >= 11 is 5.92. The highest BCUT2D eigenvalue weighted by Gasteiger charge is 2.25. The van der Waals surface area contributed by atoms with Crippen LogP contribution in [0.15, 0.2) is 22.6 Å². The second kappa shape index (κ2) is 7.16. The molecule has 2 aromatic rings. The molecule has 1 aliphatic rings. The largest absolute Gasteiger partial charge is 0.465 e. The van der Waals surface area contributed by atoms with Gasteiger partial charge in [0.05, 0.1) is 19.3 Å². The highest BCUT2D eigenvalue weighted by atomic mass is 35.5. The van der Waals surface area contributed by atoms with Crippen molar-refractivity contribution in [2.75, 3.05) is 43.9 Å². The quantitative estimate of drug-likeness (QED) is 0.807. The molecular formula is C15H20ClN5O2. The van der Waals surface area contributed by atoms with Gasteiger partial charge in [0.1, 0.15) is 22.5 Å². The third-order valence-electron chi connectivity index (χ3n) is 3.76. The van der Waals surface area contributed by atoms with Gasteiger partial charge >= 0.3 is 0 Å². The van der Waals surface area contributed by atoms with Crippen molar-refractivity contribution in [1.82, 2.24) is 14.9 Å². The van der Waals surface area contributed by atoms with E-state index in [9.17, 15) is 0 Å².